The summed E-state index contributed by atoms with van der Waals surface area (Å²) in [5.74, 6) is -1.47. The highest BCUT2D eigenvalue weighted by Crippen LogP contribution is 2.19. The molecule has 19 heavy (non-hydrogen) atoms. The molecule has 0 aliphatic carbocycles. The predicted molar refractivity (Wildman–Crippen MR) is 73.3 cm³/mol. The van der Waals surface area contributed by atoms with Gasteiger partial charge in [-0.15, -0.1) is 0 Å². The SMILES string of the molecule is Cc1ccc(C(=O)Cc2cc(Br)ccc2F)c(F)c1. The Labute approximate surface area is 118 Å². The molecule has 0 heterocycles. The van der Waals surface area contributed by atoms with Crippen molar-refractivity contribution < 1.29 is 13.6 Å². The molecule has 0 amide bonds. The van der Waals surface area contributed by atoms with Crippen molar-refractivity contribution in [3.63, 3.8) is 0 Å². The number of Topliss-reactive ketones (excluding diaryl/α,β-unsaturated/α-hetero) is 1. The third kappa shape index (κ3) is 3.26. The van der Waals surface area contributed by atoms with Crippen molar-refractivity contribution in [1.82, 2.24) is 0 Å². The molecule has 0 N–H and O–H groups in total. The van der Waals surface area contributed by atoms with Gasteiger partial charge in [0.2, 0.25) is 0 Å². The highest BCUT2D eigenvalue weighted by Gasteiger charge is 2.14. The van der Waals surface area contributed by atoms with E-state index in [1.54, 1.807) is 19.1 Å². The number of aryl methyl sites for hydroxylation is 1. The van der Waals surface area contributed by atoms with Crippen LogP contribution in [0.5, 0.6) is 0 Å². The number of hydrogen-bond donors (Lipinski definition) is 0. The molecule has 0 saturated carbocycles. The van der Waals surface area contributed by atoms with E-state index < -0.39 is 17.4 Å². The van der Waals surface area contributed by atoms with Crippen molar-refractivity contribution in [2.45, 2.75) is 13.3 Å². The minimum Gasteiger partial charge on any atom is -0.294 e. The van der Waals surface area contributed by atoms with Crippen molar-refractivity contribution in [2.24, 2.45) is 0 Å². The van der Waals surface area contributed by atoms with Gasteiger partial charge in [-0.3, -0.25) is 4.79 Å². The van der Waals surface area contributed by atoms with Crippen LogP contribution in [-0.2, 0) is 6.42 Å². The Hall–Kier alpha value is -1.55. The van der Waals surface area contributed by atoms with Gasteiger partial charge < -0.3 is 0 Å². The summed E-state index contributed by atoms with van der Waals surface area (Å²) in [7, 11) is 0. The molecule has 0 radical (unpaired) electrons. The molecule has 0 saturated heterocycles. The lowest BCUT2D eigenvalue weighted by molar-refractivity contribution is 0.0988. The zero-order valence-electron chi connectivity index (χ0n) is 10.2. The second-order valence-electron chi connectivity index (χ2n) is 4.32. The van der Waals surface area contributed by atoms with Gasteiger partial charge in [0.05, 0.1) is 5.56 Å². The number of hydrogen-bond acceptors (Lipinski definition) is 1. The summed E-state index contributed by atoms with van der Waals surface area (Å²) in [4.78, 5) is 12.0. The second-order valence-corrected chi connectivity index (χ2v) is 5.23. The molecular weight excluding hydrogens is 314 g/mol. The van der Waals surface area contributed by atoms with Crippen LogP contribution in [0.1, 0.15) is 21.5 Å². The molecule has 0 aromatic heterocycles. The molecule has 0 fully saturated rings. The molecule has 4 heteroatoms. The summed E-state index contributed by atoms with van der Waals surface area (Å²) >= 11 is 3.21. The van der Waals surface area contributed by atoms with Gasteiger partial charge in [-0.05, 0) is 48.4 Å². The monoisotopic (exact) mass is 324 g/mol. The molecule has 98 valence electrons. The highest BCUT2D eigenvalue weighted by atomic mass is 79.9. The van der Waals surface area contributed by atoms with Crippen LogP contribution in [0.15, 0.2) is 40.9 Å². The van der Waals surface area contributed by atoms with E-state index in [1.807, 2.05) is 0 Å². The maximum absolute atomic E-state index is 13.7. The van der Waals surface area contributed by atoms with Gasteiger partial charge in [0.1, 0.15) is 11.6 Å². The van der Waals surface area contributed by atoms with Gasteiger partial charge >= 0.3 is 0 Å². The van der Waals surface area contributed by atoms with E-state index in [2.05, 4.69) is 15.9 Å². The number of carbonyl (C=O) groups is 1. The molecule has 2 aromatic carbocycles. The fraction of sp³-hybridized carbons (Fsp3) is 0.133. The molecule has 0 spiro atoms. The highest BCUT2D eigenvalue weighted by molar-refractivity contribution is 9.10. The number of benzene rings is 2. The normalized spacial score (nSPS) is 10.5. The molecule has 1 nitrogen and oxygen atoms in total. The van der Waals surface area contributed by atoms with Gasteiger partial charge in [-0.2, -0.15) is 0 Å². The van der Waals surface area contributed by atoms with E-state index in [-0.39, 0.29) is 17.5 Å². The lowest BCUT2D eigenvalue weighted by Crippen LogP contribution is -2.07. The summed E-state index contributed by atoms with van der Waals surface area (Å²) in [5.41, 5.74) is 0.979. The van der Waals surface area contributed by atoms with E-state index >= 15 is 0 Å². The molecular formula is C15H11BrF2O. The fourth-order valence-corrected chi connectivity index (χ4v) is 2.20. The van der Waals surface area contributed by atoms with E-state index in [4.69, 9.17) is 0 Å². The van der Waals surface area contributed by atoms with E-state index in [9.17, 15) is 13.6 Å². The molecule has 2 aromatic rings. The zero-order valence-corrected chi connectivity index (χ0v) is 11.8. The van der Waals surface area contributed by atoms with Crippen LogP contribution in [-0.4, -0.2) is 5.78 Å². The molecule has 0 bridgehead atoms. The first-order chi connectivity index (χ1) is 8.97. The Morgan fingerprint density at radius 3 is 2.53 bits per heavy atom. The Kier molecular flexibility index (Phi) is 4.10. The summed E-state index contributed by atoms with van der Waals surface area (Å²) in [6.45, 7) is 1.74. The average Bonchev–Trinajstić information content (AvgIpc) is 2.33. The smallest absolute Gasteiger partial charge is 0.170 e. The standard InChI is InChI=1S/C15H11BrF2O/c1-9-2-4-12(14(18)6-9)15(19)8-10-7-11(16)3-5-13(10)17/h2-7H,8H2,1H3. The number of rotatable bonds is 3. The number of carbonyl (C=O) groups excluding carboxylic acids is 1. The van der Waals surface area contributed by atoms with Crippen LogP contribution < -0.4 is 0 Å². The van der Waals surface area contributed by atoms with Gasteiger partial charge in [0, 0.05) is 10.9 Å². The predicted octanol–water partition coefficient (Wildman–Crippen LogP) is 4.46. The van der Waals surface area contributed by atoms with Crippen LogP contribution in [0.4, 0.5) is 8.78 Å². The van der Waals surface area contributed by atoms with E-state index in [0.717, 1.165) is 5.56 Å². The first kappa shape index (κ1) is 13.9. The van der Waals surface area contributed by atoms with Gasteiger partial charge in [-0.25, -0.2) is 8.78 Å². The van der Waals surface area contributed by atoms with Crippen LogP contribution in [0.25, 0.3) is 0 Å². The Bertz CT molecular complexity index is 638. The minimum atomic E-state index is -0.569. The topological polar surface area (TPSA) is 17.1 Å². The first-order valence-corrected chi connectivity index (χ1v) is 6.50. The second kappa shape index (κ2) is 5.61. The Morgan fingerprint density at radius 1 is 1.11 bits per heavy atom. The van der Waals surface area contributed by atoms with Gasteiger partial charge in [0.25, 0.3) is 0 Å². The molecule has 2 rings (SSSR count). The van der Waals surface area contributed by atoms with Crippen LogP contribution in [0, 0.1) is 18.6 Å². The maximum atomic E-state index is 13.7. The Balaban J connectivity index is 2.28. The zero-order chi connectivity index (χ0) is 14.0. The Morgan fingerprint density at radius 2 is 1.84 bits per heavy atom. The number of halogens is 3. The quantitative estimate of drug-likeness (QED) is 0.762. The van der Waals surface area contributed by atoms with Crippen molar-refractivity contribution in [2.75, 3.05) is 0 Å². The van der Waals surface area contributed by atoms with E-state index in [1.165, 1.54) is 24.3 Å². The lowest BCUT2D eigenvalue weighted by atomic mass is 10.0. The van der Waals surface area contributed by atoms with Crippen molar-refractivity contribution in [1.29, 1.82) is 0 Å². The average molecular weight is 325 g/mol. The summed E-state index contributed by atoms with van der Waals surface area (Å²) in [5, 5.41) is 0. The summed E-state index contributed by atoms with van der Waals surface area (Å²) in [6, 6.07) is 8.74. The first-order valence-electron chi connectivity index (χ1n) is 5.70. The van der Waals surface area contributed by atoms with Gasteiger partial charge in [-0.1, -0.05) is 22.0 Å². The summed E-state index contributed by atoms with van der Waals surface area (Å²) in [6.07, 6.45) is -0.161. The lowest BCUT2D eigenvalue weighted by Gasteiger charge is -2.05. The fourth-order valence-electron chi connectivity index (χ4n) is 1.79. The third-order valence-corrected chi connectivity index (χ3v) is 3.28. The van der Waals surface area contributed by atoms with Crippen molar-refractivity contribution in [3.8, 4) is 0 Å². The minimum absolute atomic E-state index is 0.00928. The van der Waals surface area contributed by atoms with E-state index in [0.29, 0.717) is 4.47 Å². The summed E-state index contributed by atoms with van der Waals surface area (Å²) < 4.78 is 27.9. The maximum Gasteiger partial charge on any atom is 0.170 e. The molecule has 0 aliphatic rings. The van der Waals surface area contributed by atoms with Crippen molar-refractivity contribution >= 4 is 21.7 Å². The molecule has 0 unspecified atom stereocenters. The van der Waals surface area contributed by atoms with Crippen LogP contribution >= 0.6 is 15.9 Å². The van der Waals surface area contributed by atoms with Crippen LogP contribution in [0.3, 0.4) is 0 Å². The van der Waals surface area contributed by atoms with Crippen LogP contribution in [0.2, 0.25) is 0 Å². The largest absolute Gasteiger partial charge is 0.294 e. The number of ketones is 1. The molecule has 0 aliphatic heterocycles. The molecule has 0 atom stereocenters. The third-order valence-electron chi connectivity index (χ3n) is 2.78. The van der Waals surface area contributed by atoms with Crippen molar-refractivity contribution in [3.05, 3.63) is 69.2 Å². The van der Waals surface area contributed by atoms with Gasteiger partial charge in [0.15, 0.2) is 5.78 Å².